The zero-order valence-corrected chi connectivity index (χ0v) is 11.6. The third-order valence-electron chi connectivity index (χ3n) is 3.42. The Morgan fingerprint density at radius 1 is 1.16 bits per heavy atom. The van der Waals surface area contributed by atoms with Crippen molar-refractivity contribution in [3.8, 4) is 0 Å². The third-order valence-corrected chi connectivity index (χ3v) is 3.42. The predicted octanol–water partition coefficient (Wildman–Crippen LogP) is 3.05. The van der Waals surface area contributed by atoms with Crippen LogP contribution < -0.4 is 5.32 Å². The van der Waals surface area contributed by atoms with E-state index in [1.165, 1.54) is 5.56 Å². The van der Waals surface area contributed by atoms with Crippen LogP contribution >= 0.6 is 0 Å². The number of rotatable bonds is 6. The number of carbonyl (C=O) groups is 2. The van der Waals surface area contributed by atoms with E-state index in [1.807, 2.05) is 24.3 Å². The molecule has 0 bridgehead atoms. The van der Waals surface area contributed by atoms with Crippen LogP contribution in [-0.4, -0.2) is 17.7 Å². The minimum Gasteiger partial charge on any atom is -0.353 e. The van der Waals surface area contributed by atoms with Gasteiger partial charge >= 0.3 is 0 Å². The molecule has 2 rings (SSSR count). The molecule has 19 heavy (non-hydrogen) atoms. The van der Waals surface area contributed by atoms with Crippen molar-refractivity contribution in [1.82, 2.24) is 5.32 Å². The van der Waals surface area contributed by atoms with E-state index in [-0.39, 0.29) is 11.7 Å². The number of carbonyl (C=O) groups excluding carboxylic acids is 2. The maximum atomic E-state index is 12.0. The molecule has 1 fully saturated rings. The van der Waals surface area contributed by atoms with Crippen molar-refractivity contribution in [3.63, 3.8) is 0 Å². The number of nitrogens with one attached hydrogen (secondary N) is 1. The average Bonchev–Trinajstić information content (AvgIpc) is 3.20. The minimum absolute atomic E-state index is 0.00495. The largest absolute Gasteiger partial charge is 0.353 e. The van der Waals surface area contributed by atoms with Gasteiger partial charge in [0, 0.05) is 24.4 Å². The molecule has 1 aliphatic carbocycles. The quantitative estimate of drug-likeness (QED) is 0.798. The Balaban J connectivity index is 1.83. The highest BCUT2D eigenvalue weighted by Gasteiger charge is 2.23. The molecule has 0 spiro atoms. The highest BCUT2D eigenvalue weighted by molar-refractivity contribution is 5.98. The van der Waals surface area contributed by atoms with Crippen LogP contribution in [0.15, 0.2) is 24.3 Å². The van der Waals surface area contributed by atoms with Crippen molar-refractivity contribution in [3.05, 3.63) is 35.4 Å². The van der Waals surface area contributed by atoms with Crippen LogP contribution in [0.25, 0.3) is 0 Å². The fourth-order valence-electron chi connectivity index (χ4n) is 1.95. The molecule has 0 saturated heterocycles. The van der Waals surface area contributed by atoms with Crippen LogP contribution in [0.4, 0.5) is 0 Å². The molecule has 0 unspecified atom stereocenters. The fraction of sp³-hybridized carbons (Fsp3) is 0.500. The van der Waals surface area contributed by atoms with E-state index < -0.39 is 0 Å². The lowest BCUT2D eigenvalue weighted by atomic mass is 9.99. The summed E-state index contributed by atoms with van der Waals surface area (Å²) in [4.78, 5) is 23.5. The van der Waals surface area contributed by atoms with Gasteiger partial charge in [-0.15, -0.1) is 0 Å². The van der Waals surface area contributed by atoms with Gasteiger partial charge in [0.25, 0.3) is 0 Å². The van der Waals surface area contributed by atoms with Crippen LogP contribution in [-0.2, 0) is 4.79 Å². The third kappa shape index (κ3) is 4.19. The molecule has 1 saturated carbocycles. The summed E-state index contributed by atoms with van der Waals surface area (Å²) in [5.41, 5.74) is 1.92. The molecule has 0 radical (unpaired) electrons. The Labute approximate surface area is 114 Å². The molecule has 1 aliphatic rings. The molecule has 3 heteroatoms. The van der Waals surface area contributed by atoms with Crippen LogP contribution in [0, 0.1) is 0 Å². The summed E-state index contributed by atoms with van der Waals surface area (Å²) in [5, 5.41) is 2.89. The van der Waals surface area contributed by atoms with Crippen molar-refractivity contribution >= 4 is 11.7 Å². The van der Waals surface area contributed by atoms with Crippen molar-refractivity contribution in [1.29, 1.82) is 0 Å². The van der Waals surface area contributed by atoms with E-state index in [0.717, 1.165) is 12.8 Å². The standard InChI is InChI=1S/C16H21NO2/c1-11(2)12-3-5-13(6-4-12)15(18)9-10-16(19)17-14-7-8-14/h3-6,11,14H,7-10H2,1-2H3,(H,17,19). The van der Waals surface area contributed by atoms with Crippen molar-refractivity contribution < 1.29 is 9.59 Å². The number of Topliss-reactive ketones (excluding diaryl/α,β-unsaturated/α-hetero) is 1. The molecule has 0 aromatic heterocycles. The van der Waals surface area contributed by atoms with Crippen molar-refractivity contribution in [2.24, 2.45) is 0 Å². The maximum absolute atomic E-state index is 12.0. The topological polar surface area (TPSA) is 46.2 Å². The molecule has 0 heterocycles. The van der Waals surface area contributed by atoms with Gasteiger partial charge < -0.3 is 5.32 Å². The summed E-state index contributed by atoms with van der Waals surface area (Å²) in [6.07, 6.45) is 2.74. The molecule has 3 nitrogen and oxygen atoms in total. The first-order chi connectivity index (χ1) is 9.06. The molecular weight excluding hydrogens is 238 g/mol. The molecule has 1 aromatic rings. The highest BCUT2D eigenvalue weighted by Crippen LogP contribution is 2.19. The summed E-state index contributed by atoms with van der Waals surface area (Å²) in [6.45, 7) is 4.25. The van der Waals surface area contributed by atoms with Crippen LogP contribution in [0.1, 0.15) is 61.4 Å². The van der Waals surface area contributed by atoms with Gasteiger partial charge in [0.1, 0.15) is 0 Å². The second kappa shape index (κ2) is 6.00. The average molecular weight is 259 g/mol. The lowest BCUT2D eigenvalue weighted by Crippen LogP contribution is -2.25. The first-order valence-corrected chi connectivity index (χ1v) is 6.99. The van der Waals surface area contributed by atoms with Crippen LogP contribution in [0.5, 0.6) is 0 Å². The van der Waals surface area contributed by atoms with Gasteiger partial charge in [-0.1, -0.05) is 38.1 Å². The monoisotopic (exact) mass is 259 g/mol. The van der Waals surface area contributed by atoms with Gasteiger partial charge in [-0.25, -0.2) is 0 Å². The highest BCUT2D eigenvalue weighted by atomic mass is 16.2. The number of hydrogen-bond acceptors (Lipinski definition) is 2. The van der Waals surface area contributed by atoms with Crippen LogP contribution in [0.3, 0.4) is 0 Å². The summed E-state index contributed by atoms with van der Waals surface area (Å²) < 4.78 is 0. The Hall–Kier alpha value is -1.64. The van der Waals surface area contributed by atoms with E-state index in [9.17, 15) is 9.59 Å². The molecular formula is C16H21NO2. The fourth-order valence-corrected chi connectivity index (χ4v) is 1.95. The van der Waals surface area contributed by atoms with Crippen molar-refractivity contribution in [2.75, 3.05) is 0 Å². The molecule has 0 aliphatic heterocycles. The van der Waals surface area contributed by atoms with E-state index in [1.54, 1.807) is 0 Å². The summed E-state index contributed by atoms with van der Waals surface area (Å²) in [7, 11) is 0. The second-order valence-electron chi connectivity index (χ2n) is 5.54. The Bertz CT molecular complexity index is 458. The lowest BCUT2D eigenvalue weighted by Gasteiger charge is -2.06. The number of ketones is 1. The van der Waals surface area contributed by atoms with Gasteiger partial charge in [0.05, 0.1) is 0 Å². The summed E-state index contributed by atoms with van der Waals surface area (Å²) >= 11 is 0. The Morgan fingerprint density at radius 2 is 1.79 bits per heavy atom. The first-order valence-electron chi connectivity index (χ1n) is 6.99. The van der Waals surface area contributed by atoms with Crippen molar-refractivity contribution in [2.45, 2.75) is 51.5 Å². The lowest BCUT2D eigenvalue weighted by molar-refractivity contribution is -0.121. The molecule has 1 N–H and O–H groups in total. The smallest absolute Gasteiger partial charge is 0.220 e. The van der Waals surface area contributed by atoms with Gasteiger partial charge in [-0.2, -0.15) is 0 Å². The van der Waals surface area contributed by atoms with E-state index in [4.69, 9.17) is 0 Å². The van der Waals surface area contributed by atoms with Gasteiger partial charge in [0.2, 0.25) is 5.91 Å². The molecule has 0 atom stereocenters. The Morgan fingerprint density at radius 3 is 2.32 bits per heavy atom. The molecule has 1 amide bonds. The van der Waals surface area contributed by atoms with Gasteiger partial charge in [-0.05, 0) is 24.3 Å². The predicted molar refractivity (Wildman–Crippen MR) is 75.3 cm³/mol. The van der Waals surface area contributed by atoms with E-state index >= 15 is 0 Å². The summed E-state index contributed by atoms with van der Waals surface area (Å²) in [6, 6.07) is 8.06. The van der Waals surface area contributed by atoms with Gasteiger partial charge in [0.15, 0.2) is 5.78 Å². The van der Waals surface area contributed by atoms with Crippen LogP contribution in [0.2, 0.25) is 0 Å². The minimum atomic E-state index is -0.00495. The van der Waals surface area contributed by atoms with E-state index in [2.05, 4.69) is 19.2 Å². The zero-order chi connectivity index (χ0) is 13.8. The van der Waals surface area contributed by atoms with E-state index in [0.29, 0.717) is 30.4 Å². The maximum Gasteiger partial charge on any atom is 0.220 e. The number of benzene rings is 1. The van der Waals surface area contributed by atoms with Gasteiger partial charge in [-0.3, -0.25) is 9.59 Å². The Kier molecular flexibility index (Phi) is 4.35. The number of hydrogen-bond donors (Lipinski definition) is 1. The first kappa shape index (κ1) is 13.8. The normalized spacial score (nSPS) is 14.5. The SMILES string of the molecule is CC(C)c1ccc(C(=O)CCC(=O)NC2CC2)cc1. The number of amides is 1. The zero-order valence-electron chi connectivity index (χ0n) is 11.6. The molecule has 102 valence electrons. The molecule has 1 aromatic carbocycles. The summed E-state index contributed by atoms with van der Waals surface area (Å²) in [5.74, 6) is 0.504. The second-order valence-corrected chi connectivity index (χ2v) is 5.54.